The lowest BCUT2D eigenvalue weighted by Gasteiger charge is -2.29. The molecule has 1 N–H and O–H groups in total. The Hall–Kier alpha value is -2.87. The smallest absolute Gasteiger partial charge is 0.321 e. The van der Waals surface area contributed by atoms with E-state index in [0.29, 0.717) is 12.5 Å². The van der Waals surface area contributed by atoms with Gasteiger partial charge in [0.1, 0.15) is 0 Å². The fourth-order valence-corrected chi connectivity index (χ4v) is 2.82. The number of urea groups is 1. The molecule has 8 heteroatoms. The Balaban J connectivity index is 1.62. The standard InChI is InChI=1S/C19H26N6O2/c1-23(2)18-20-8-7-16(21-18)14-24(3)19(26)22-15-5-4-6-17(13-15)25-9-11-27-12-10-25/h4-8,13H,9-12,14H2,1-3H3,(H,22,26). The number of rotatable bonds is 5. The Bertz CT molecular complexity index is 776. The number of anilines is 3. The van der Waals surface area contributed by atoms with Gasteiger partial charge in [-0.3, -0.25) is 0 Å². The van der Waals surface area contributed by atoms with E-state index in [4.69, 9.17) is 4.74 Å². The number of nitrogens with one attached hydrogen (secondary N) is 1. The first kappa shape index (κ1) is 18.9. The van der Waals surface area contributed by atoms with E-state index in [2.05, 4.69) is 20.2 Å². The molecule has 0 bridgehead atoms. The monoisotopic (exact) mass is 370 g/mol. The van der Waals surface area contributed by atoms with Crippen molar-refractivity contribution >= 4 is 23.4 Å². The van der Waals surface area contributed by atoms with Crippen molar-refractivity contribution in [3.8, 4) is 0 Å². The number of ether oxygens (including phenoxy) is 1. The number of hydrogen-bond donors (Lipinski definition) is 1. The maximum Gasteiger partial charge on any atom is 0.321 e. The van der Waals surface area contributed by atoms with E-state index in [1.165, 1.54) is 0 Å². The van der Waals surface area contributed by atoms with Crippen LogP contribution >= 0.6 is 0 Å². The summed E-state index contributed by atoms with van der Waals surface area (Å²) in [5.74, 6) is 0.625. The van der Waals surface area contributed by atoms with E-state index in [9.17, 15) is 4.79 Å². The van der Waals surface area contributed by atoms with Gasteiger partial charge >= 0.3 is 6.03 Å². The average molecular weight is 370 g/mol. The van der Waals surface area contributed by atoms with Crippen LogP contribution in [0, 0.1) is 0 Å². The van der Waals surface area contributed by atoms with Crippen LogP contribution in [0.2, 0.25) is 0 Å². The van der Waals surface area contributed by atoms with Crippen LogP contribution in [-0.2, 0) is 11.3 Å². The molecule has 0 radical (unpaired) electrons. The van der Waals surface area contributed by atoms with Gasteiger partial charge in [0.05, 0.1) is 25.5 Å². The van der Waals surface area contributed by atoms with Crippen molar-refractivity contribution < 1.29 is 9.53 Å². The molecule has 0 atom stereocenters. The normalized spacial score (nSPS) is 14.0. The highest BCUT2D eigenvalue weighted by atomic mass is 16.5. The maximum atomic E-state index is 12.6. The van der Waals surface area contributed by atoms with Crippen molar-refractivity contribution in [2.45, 2.75) is 6.54 Å². The van der Waals surface area contributed by atoms with Crippen molar-refractivity contribution in [1.29, 1.82) is 0 Å². The summed E-state index contributed by atoms with van der Waals surface area (Å²) in [6, 6.07) is 9.52. The minimum Gasteiger partial charge on any atom is -0.378 e. The number of hydrogen-bond acceptors (Lipinski definition) is 6. The third kappa shape index (κ3) is 5.07. The Morgan fingerprint density at radius 2 is 2.00 bits per heavy atom. The van der Waals surface area contributed by atoms with Crippen molar-refractivity contribution in [3.63, 3.8) is 0 Å². The Labute approximate surface area is 159 Å². The van der Waals surface area contributed by atoms with Crippen LogP contribution in [0.3, 0.4) is 0 Å². The Kier molecular flexibility index (Phi) is 6.08. The summed E-state index contributed by atoms with van der Waals surface area (Å²) in [4.78, 5) is 26.9. The van der Waals surface area contributed by atoms with Crippen molar-refractivity contribution in [3.05, 3.63) is 42.2 Å². The zero-order chi connectivity index (χ0) is 19.2. The third-order valence-corrected chi connectivity index (χ3v) is 4.32. The fraction of sp³-hybridized carbons (Fsp3) is 0.421. The molecule has 1 aromatic carbocycles. The second kappa shape index (κ2) is 8.68. The molecule has 1 aliphatic rings. The lowest BCUT2D eigenvalue weighted by molar-refractivity contribution is 0.122. The molecule has 0 saturated carbocycles. The summed E-state index contributed by atoms with van der Waals surface area (Å²) in [6.07, 6.45) is 1.70. The first-order chi connectivity index (χ1) is 13.0. The van der Waals surface area contributed by atoms with Gasteiger partial charge < -0.3 is 24.8 Å². The van der Waals surface area contributed by atoms with Gasteiger partial charge in [0, 0.05) is 51.8 Å². The summed E-state index contributed by atoms with van der Waals surface area (Å²) in [6.45, 7) is 3.58. The van der Waals surface area contributed by atoms with Gasteiger partial charge in [0.15, 0.2) is 0 Å². The number of aromatic nitrogens is 2. The summed E-state index contributed by atoms with van der Waals surface area (Å²) < 4.78 is 5.40. The van der Waals surface area contributed by atoms with Crippen LogP contribution < -0.4 is 15.1 Å². The summed E-state index contributed by atoms with van der Waals surface area (Å²) in [5, 5.41) is 2.95. The van der Waals surface area contributed by atoms with Gasteiger partial charge in [0.2, 0.25) is 5.95 Å². The van der Waals surface area contributed by atoms with E-state index in [0.717, 1.165) is 43.4 Å². The van der Waals surface area contributed by atoms with Gasteiger partial charge in [-0.25, -0.2) is 14.8 Å². The quantitative estimate of drug-likeness (QED) is 0.868. The predicted octanol–water partition coefficient (Wildman–Crippen LogP) is 2.04. The number of nitrogens with zero attached hydrogens (tertiary/aromatic N) is 5. The van der Waals surface area contributed by atoms with Gasteiger partial charge in [-0.15, -0.1) is 0 Å². The SMILES string of the molecule is CN(Cc1ccnc(N(C)C)n1)C(=O)Nc1cccc(N2CCOCC2)c1. The summed E-state index contributed by atoms with van der Waals surface area (Å²) in [7, 11) is 5.52. The van der Waals surface area contributed by atoms with Crippen molar-refractivity contribution in [2.75, 3.05) is 62.6 Å². The molecule has 0 aliphatic carbocycles. The van der Waals surface area contributed by atoms with Crippen LogP contribution in [0.5, 0.6) is 0 Å². The maximum absolute atomic E-state index is 12.6. The molecule has 1 saturated heterocycles. The highest BCUT2D eigenvalue weighted by molar-refractivity contribution is 5.89. The van der Waals surface area contributed by atoms with Crippen LogP contribution in [0.1, 0.15) is 5.69 Å². The van der Waals surface area contributed by atoms with E-state index in [-0.39, 0.29) is 6.03 Å². The first-order valence-electron chi connectivity index (χ1n) is 8.97. The van der Waals surface area contributed by atoms with Gasteiger partial charge in [-0.05, 0) is 24.3 Å². The van der Waals surface area contributed by atoms with Crippen molar-refractivity contribution in [2.24, 2.45) is 0 Å². The first-order valence-corrected chi connectivity index (χ1v) is 8.97. The third-order valence-electron chi connectivity index (χ3n) is 4.32. The Morgan fingerprint density at radius 1 is 1.22 bits per heavy atom. The Morgan fingerprint density at radius 3 is 2.74 bits per heavy atom. The lowest BCUT2D eigenvalue weighted by Crippen LogP contribution is -2.36. The summed E-state index contributed by atoms with van der Waals surface area (Å²) in [5.41, 5.74) is 2.64. The highest BCUT2D eigenvalue weighted by Gasteiger charge is 2.14. The molecule has 0 unspecified atom stereocenters. The minimum atomic E-state index is -0.181. The van der Waals surface area contributed by atoms with Gasteiger partial charge in [-0.2, -0.15) is 0 Å². The molecule has 1 fully saturated rings. The van der Waals surface area contributed by atoms with Crippen LogP contribution in [-0.4, -0.2) is 68.3 Å². The topological polar surface area (TPSA) is 73.8 Å². The summed E-state index contributed by atoms with van der Waals surface area (Å²) >= 11 is 0. The lowest BCUT2D eigenvalue weighted by atomic mass is 10.2. The molecule has 2 aromatic rings. The number of morpholine rings is 1. The zero-order valence-electron chi connectivity index (χ0n) is 16.1. The van der Waals surface area contributed by atoms with E-state index in [1.807, 2.05) is 49.3 Å². The second-order valence-electron chi connectivity index (χ2n) is 6.68. The van der Waals surface area contributed by atoms with Gasteiger partial charge in [-0.1, -0.05) is 6.07 Å². The van der Waals surface area contributed by atoms with Crippen LogP contribution in [0.4, 0.5) is 22.1 Å². The zero-order valence-corrected chi connectivity index (χ0v) is 16.1. The predicted molar refractivity (Wildman–Crippen MR) is 106 cm³/mol. The molecule has 1 aliphatic heterocycles. The van der Waals surface area contributed by atoms with E-state index in [1.54, 1.807) is 18.1 Å². The average Bonchev–Trinajstić information content (AvgIpc) is 2.69. The highest BCUT2D eigenvalue weighted by Crippen LogP contribution is 2.21. The number of carbonyl (C=O) groups excluding carboxylic acids is 1. The van der Waals surface area contributed by atoms with E-state index < -0.39 is 0 Å². The van der Waals surface area contributed by atoms with Gasteiger partial charge in [0.25, 0.3) is 0 Å². The molecule has 0 spiro atoms. The molecule has 2 amide bonds. The molecule has 3 rings (SSSR count). The van der Waals surface area contributed by atoms with Crippen LogP contribution in [0.15, 0.2) is 36.5 Å². The largest absolute Gasteiger partial charge is 0.378 e. The fourth-order valence-electron chi connectivity index (χ4n) is 2.82. The van der Waals surface area contributed by atoms with Crippen molar-refractivity contribution in [1.82, 2.24) is 14.9 Å². The number of amides is 2. The molecular formula is C19H26N6O2. The molecule has 8 nitrogen and oxygen atoms in total. The number of benzene rings is 1. The molecular weight excluding hydrogens is 344 g/mol. The minimum absolute atomic E-state index is 0.181. The molecule has 1 aromatic heterocycles. The van der Waals surface area contributed by atoms with E-state index >= 15 is 0 Å². The molecule has 144 valence electrons. The van der Waals surface area contributed by atoms with Crippen LogP contribution in [0.25, 0.3) is 0 Å². The number of carbonyl (C=O) groups is 1. The second-order valence-corrected chi connectivity index (χ2v) is 6.68. The molecule has 27 heavy (non-hydrogen) atoms. The molecule has 2 heterocycles.